The molecular weight excluding hydrogens is 330 g/mol. The lowest BCUT2D eigenvalue weighted by molar-refractivity contribution is 0.106. The zero-order chi connectivity index (χ0) is 17.8. The zero-order valence-electron chi connectivity index (χ0n) is 14.9. The van der Waals surface area contributed by atoms with Crippen LogP contribution in [-0.4, -0.2) is 29.0 Å². The molecule has 0 bridgehead atoms. The molecule has 25 heavy (non-hydrogen) atoms. The van der Waals surface area contributed by atoms with Gasteiger partial charge >= 0.3 is 0 Å². The number of hydrogen-bond donors (Lipinski definition) is 2. The number of aliphatic hydroxyl groups is 1. The highest BCUT2D eigenvalue weighted by molar-refractivity contribution is 7.99. The highest BCUT2D eigenvalue weighted by atomic mass is 32.2. The number of nitrogens with one attached hydrogen (secondary N) is 1. The Morgan fingerprint density at radius 1 is 1.36 bits per heavy atom. The fraction of sp³-hybridized carbons (Fsp3) is 0.500. The van der Waals surface area contributed by atoms with Gasteiger partial charge in [0, 0.05) is 29.3 Å². The van der Waals surface area contributed by atoms with E-state index in [-0.39, 0.29) is 6.10 Å². The van der Waals surface area contributed by atoms with Gasteiger partial charge in [-0.1, -0.05) is 19.8 Å². The number of nitrogens with zero attached hydrogens (tertiary/aromatic N) is 2. The summed E-state index contributed by atoms with van der Waals surface area (Å²) in [5.74, 6) is 1.88. The average molecular weight is 356 g/mol. The number of aryl methyl sites for hydroxylation is 1. The summed E-state index contributed by atoms with van der Waals surface area (Å²) in [6.45, 7) is 2.21. The van der Waals surface area contributed by atoms with Crippen molar-refractivity contribution in [2.24, 2.45) is 5.92 Å². The lowest BCUT2D eigenvalue weighted by atomic mass is 9.89. The molecule has 0 amide bonds. The molecule has 2 N–H and O–H groups in total. The summed E-state index contributed by atoms with van der Waals surface area (Å²) in [6, 6.07) is 6.37. The van der Waals surface area contributed by atoms with Gasteiger partial charge in [-0.3, -0.25) is 4.98 Å². The molecule has 4 rings (SSSR count). The van der Waals surface area contributed by atoms with Gasteiger partial charge in [-0.25, -0.2) is 0 Å². The van der Waals surface area contributed by atoms with Crippen LogP contribution in [0.2, 0.25) is 0 Å². The largest absolute Gasteiger partial charge is 0.393 e. The maximum atomic E-state index is 9.12. The van der Waals surface area contributed by atoms with Crippen molar-refractivity contribution in [2.45, 2.75) is 50.0 Å². The third-order valence-corrected chi connectivity index (χ3v) is 6.09. The number of fused-ring (bicyclic) bond motifs is 3. The van der Waals surface area contributed by atoms with E-state index in [2.05, 4.69) is 29.4 Å². The first-order chi connectivity index (χ1) is 12.1. The Morgan fingerprint density at radius 2 is 2.20 bits per heavy atom. The van der Waals surface area contributed by atoms with Gasteiger partial charge in [-0.15, -0.1) is 11.8 Å². The van der Waals surface area contributed by atoms with Crippen LogP contribution in [0.4, 0.5) is 5.69 Å². The Balaban J connectivity index is 0.000000192. The highest BCUT2D eigenvalue weighted by Gasteiger charge is 2.19. The van der Waals surface area contributed by atoms with E-state index in [1.165, 1.54) is 23.3 Å². The number of aromatic nitrogens is 1. The van der Waals surface area contributed by atoms with Crippen LogP contribution in [-0.2, 0) is 6.42 Å². The third-order valence-electron chi connectivity index (χ3n) is 4.99. The second-order valence-corrected chi connectivity index (χ2v) is 8.01. The van der Waals surface area contributed by atoms with Gasteiger partial charge < -0.3 is 10.4 Å². The van der Waals surface area contributed by atoms with Gasteiger partial charge in [0.2, 0.25) is 0 Å². The highest BCUT2D eigenvalue weighted by Crippen LogP contribution is 2.39. The van der Waals surface area contributed by atoms with Gasteiger partial charge in [0.1, 0.15) is 6.07 Å². The number of benzene rings is 1. The summed E-state index contributed by atoms with van der Waals surface area (Å²) < 4.78 is 0. The van der Waals surface area contributed by atoms with Gasteiger partial charge in [0.15, 0.2) is 0 Å². The van der Waals surface area contributed by atoms with Crippen molar-refractivity contribution in [2.75, 3.05) is 18.1 Å². The van der Waals surface area contributed by atoms with E-state index < -0.39 is 0 Å². The Labute approximate surface area is 153 Å². The topological polar surface area (TPSA) is 68.9 Å². The Kier molecular flexibility index (Phi) is 5.82. The van der Waals surface area contributed by atoms with Gasteiger partial charge in [0.25, 0.3) is 0 Å². The Morgan fingerprint density at radius 3 is 2.84 bits per heavy atom. The number of thioether (sulfide) groups is 1. The fourth-order valence-electron chi connectivity index (χ4n) is 3.73. The summed E-state index contributed by atoms with van der Waals surface area (Å²) >= 11 is 1.88. The minimum atomic E-state index is 0.0127. The Hall–Kier alpha value is -1.77. The molecule has 2 heterocycles. The molecule has 0 radical (unpaired) electrons. The van der Waals surface area contributed by atoms with E-state index in [1.54, 1.807) is 6.20 Å². The minimum Gasteiger partial charge on any atom is -0.393 e. The molecule has 2 aromatic rings. The third kappa shape index (κ3) is 3.91. The van der Waals surface area contributed by atoms with Crippen molar-refractivity contribution < 1.29 is 5.11 Å². The van der Waals surface area contributed by atoms with E-state index in [0.717, 1.165) is 47.5 Å². The standard InChI is InChI=1S/C13H11N3S.C7H14O/c1-15-13-8(6-14)7-16-10-2-3-11-9(12(10)13)4-5-17-11;1-6-3-2-4-7(8)5-6/h2-3,7H,4-5H2,1H3,(H,15,16);6-8H,2-5H2,1H3. The first-order valence-electron chi connectivity index (χ1n) is 8.97. The SMILES string of the molecule is CC1CCCC(O)C1.CNc1c(C#N)cnc2ccc3c(c12)CCS3. The predicted octanol–water partition coefficient (Wildman–Crippen LogP) is 4.35. The van der Waals surface area contributed by atoms with E-state index in [9.17, 15) is 0 Å². The molecule has 132 valence electrons. The lowest BCUT2D eigenvalue weighted by Crippen LogP contribution is -2.16. The minimum absolute atomic E-state index is 0.0127. The monoisotopic (exact) mass is 355 g/mol. The van der Waals surface area contributed by atoms with Crippen molar-refractivity contribution in [3.8, 4) is 6.07 Å². The molecule has 5 heteroatoms. The summed E-state index contributed by atoms with van der Waals surface area (Å²) in [7, 11) is 1.86. The maximum Gasteiger partial charge on any atom is 0.103 e. The van der Waals surface area contributed by atoms with E-state index in [1.807, 2.05) is 24.9 Å². The molecule has 0 saturated heterocycles. The average Bonchev–Trinajstić information content (AvgIpc) is 3.09. The van der Waals surface area contributed by atoms with Crippen LogP contribution in [0.3, 0.4) is 0 Å². The molecule has 1 aliphatic carbocycles. The van der Waals surface area contributed by atoms with Gasteiger partial charge in [-0.05, 0) is 42.9 Å². The van der Waals surface area contributed by atoms with Crippen LogP contribution in [0.5, 0.6) is 0 Å². The summed E-state index contributed by atoms with van der Waals surface area (Å²) in [4.78, 5) is 5.69. The second kappa shape index (κ2) is 8.07. The lowest BCUT2D eigenvalue weighted by Gasteiger charge is -2.21. The summed E-state index contributed by atoms with van der Waals surface area (Å²) in [5, 5.41) is 22.5. The molecule has 2 atom stereocenters. The molecule has 1 aromatic heterocycles. The number of aliphatic hydroxyl groups excluding tert-OH is 1. The molecule has 4 nitrogen and oxygen atoms in total. The van der Waals surface area contributed by atoms with E-state index in [4.69, 9.17) is 10.4 Å². The van der Waals surface area contributed by atoms with Gasteiger partial charge in [0.05, 0.1) is 22.9 Å². The quantitative estimate of drug-likeness (QED) is 0.796. The van der Waals surface area contributed by atoms with Crippen LogP contribution in [0.15, 0.2) is 23.2 Å². The van der Waals surface area contributed by atoms with Crippen molar-refractivity contribution in [3.05, 3.63) is 29.5 Å². The Bertz CT molecular complexity index is 792. The molecule has 1 aliphatic heterocycles. The van der Waals surface area contributed by atoms with Crippen LogP contribution in [0.1, 0.15) is 43.7 Å². The molecule has 1 saturated carbocycles. The first-order valence-corrected chi connectivity index (χ1v) is 9.96. The number of hydrogen-bond acceptors (Lipinski definition) is 5. The van der Waals surface area contributed by atoms with Crippen LogP contribution in [0, 0.1) is 17.2 Å². The normalized spacial score (nSPS) is 21.8. The molecule has 0 spiro atoms. The van der Waals surface area contributed by atoms with Crippen LogP contribution < -0.4 is 5.32 Å². The fourth-order valence-corrected chi connectivity index (χ4v) is 4.80. The summed E-state index contributed by atoms with van der Waals surface area (Å²) in [6.07, 6.45) is 7.31. The van der Waals surface area contributed by atoms with Crippen molar-refractivity contribution >= 4 is 28.4 Å². The number of nitriles is 1. The molecule has 1 fully saturated rings. The van der Waals surface area contributed by atoms with Crippen molar-refractivity contribution in [3.63, 3.8) is 0 Å². The predicted molar refractivity (Wildman–Crippen MR) is 104 cm³/mol. The van der Waals surface area contributed by atoms with Gasteiger partial charge in [-0.2, -0.15) is 5.26 Å². The van der Waals surface area contributed by atoms with Crippen LogP contribution >= 0.6 is 11.8 Å². The molecule has 2 unspecified atom stereocenters. The van der Waals surface area contributed by atoms with Crippen LogP contribution in [0.25, 0.3) is 10.9 Å². The smallest absolute Gasteiger partial charge is 0.103 e. The summed E-state index contributed by atoms with van der Waals surface area (Å²) in [5.41, 5.74) is 3.83. The number of anilines is 1. The second-order valence-electron chi connectivity index (χ2n) is 6.87. The molecule has 1 aromatic carbocycles. The zero-order valence-corrected chi connectivity index (χ0v) is 15.7. The van der Waals surface area contributed by atoms with E-state index >= 15 is 0 Å². The number of pyridine rings is 1. The van der Waals surface area contributed by atoms with E-state index in [0.29, 0.717) is 5.56 Å². The van der Waals surface area contributed by atoms with Crippen molar-refractivity contribution in [1.82, 2.24) is 4.98 Å². The van der Waals surface area contributed by atoms with Crippen molar-refractivity contribution in [1.29, 1.82) is 5.26 Å². The maximum absolute atomic E-state index is 9.12. The first kappa shape index (κ1) is 18.0. The number of rotatable bonds is 1. The molecular formula is C20H25N3OS. The molecule has 2 aliphatic rings.